The normalized spacial score (nSPS) is 18.6. The molecule has 1 fully saturated rings. The number of rotatable bonds is 6. The third kappa shape index (κ3) is 4.55. The van der Waals surface area contributed by atoms with Crippen molar-refractivity contribution >= 4 is 29.0 Å². The first-order valence-corrected chi connectivity index (χ1v) is 10.8. The number of carbonyl (C=O) groups is 2. The van der Waals surface area contributed by atoms with E-state index in [1.807, 2.05) is 43.3 Å². The van der Waals surface area contributed by atoms with Crippen LogP contribution < -0.4 is 5.32 Å². The minimum Gasteiger partial charge on any atom is -0.324 e. The summed E-state index contributed by atoms with van der Waals surface area (Å²) in [4.78, 5) is 28.7. The van der Waals surface area contributed by atoms with Gasteiger partial charge in [0, 0.05) is 22.7 Å². The van der Waals surface area contributed by atoms with Crippen LogP contribution >= 0.6 is 11.6 Å². The van der Waals surface area contributed by atoms with E-state index in [2.05, 4.69) is 22.3 Å². The summed E-state index contributed by atoms with van der Waals surface area (Å²) in [5.41, 5.74) is 1.95. The molecule has 0 radical (unpaired) electrons. The van der Waals surface area contributed by atoms with Gasteiger partial charge in [0.15, 0.2) is 5.78 Å². The van der Waals surface area contributed by atoms with Crippen LogP contribution in [0.4, 0.5) is 5.69 Å². The van der Waals surface area contributed by atoms with Gasteiger partial charge in [-0.2, -0.15) is 0 Å². The molecule has 4 nitrogen and oxygen atoms in total. The molecule has 158 valence electrons. The summed E-state index contributed by atoms with van der Waals surface area (Å²) < 4.78 is 0. The molecule has 0 spiro atoms. The highest BCUT2D eigenvalue weighted by molar-refractivity contribution is 6.31. The summed E-state index contributed by atoms with van der Waals surface area (Å²) in [6.07, 6.45) is 1.72. The average Bonchev–Trinajstić information content (AvgIpc) is 3.17. The number of ketones is 1. The molecule has 0 bridgehead atoms. The lowest BCUT2D eigenvalue weighted by atomic mass is 9.96. The number of hydrogen-bond donors (Lipinski definition) is 1. The Balaban J connectivity index is 1.59. The largest absolute Gasteiger partial charge is 0.324 e. The Morgan fingerprint density at radius 1 is 1.00 bits per heavy atom. The lowest BCUT2D eigenvalue weighted by molar-refractivity contribution is -0.125. The van der Waals surface area contributed by atoms with Crippen LogP contribution in [0.3, 0.4) is 0 Å². The molecule has 1 aliphatic rings. The zero-order chi connectivity index (χ0) is 21.8. The number of benzene rings is 3. The predicted octanol–water partition coefficient (Wildman–Crippen LogP) is 5.56. The highest BCUT2D eigenvalue weighted by atomic mass is 35.5. The Labute approximate surface area is 187 Å². The van der Waals surface area contributed by atoms with Gasteiger partial charge in [0.2, 0.25) is 5.91 Å². The number of carbonyl (C=O) groups excluding carboxylic acids is 2. The molecule has 5 heteroatoms. The Morgan fingerprint density at radius 2 is 1.68 bits per heavy atom. The van der Waals surface area contributed by atoms with E-state index in [0.29, 0.717) is 28.4 Å². The van der Waals surface area contributed by atoms with E-state index in [1.165, 1.54) is 5.56 Å². The summed E-state index contributed by atoms with van der Waals surface area (Å²) in [7, 11) is 0. The van der Waals surface area contributed by atoms with E-state index in [1.54, 1.807) is 30.3 Å². The Morgan fingerprint density at radius 3 is 2.39 bits per heavy atom. The molecule has 0 saturated carbocycles. The minimum atomic E-state index is -0.650. The summed E-state index contributed by atoms with van der Waals surface area (Å²) in [5, 5.41) is 3.48. The van der Waals surface area contributed by atoms with Crippen molar-refractivity contribution in [1.29, 1.82) is 0 Å². The molecule has 31 heavy (non-hydrogen) atoms. The molecule has 1 atom stereocenters. The monoisotopic (exact) mass is 432 g/mol. The van der Waals surface area contributed by atoms with Crippen molar-refractivity contribution in [3.63, 3.8) is 0 Å². The number of halogens is 1. The lowest BCUT2D eigenvalue weighted by Gasteiger charge is -2.34. The van der Waals surface area contributed by atoms with Gasteiger partial charge >= 0.3 is 0 Å². The minimum absolute atomic E-state index is 0.106. The SMILES string of the molecule is CC1(C(=O)Nc2ccc(Cl)cc2C(=O)c2ccccc2)CCCN1Cc1ccccc1. The highest BCUT2D eigenvalue weighted by Gasteiger charge is 2.43. The summed E-state index contributed by atoms with van der Waals surface area (Å²) in [6.45, 7) is 3.54. The molecule has 1 aliphatic heterocycles. The van der Waals surface area contributed by atoms with Crippen molar-refractivity contribution in [2.45, 2.75) is 31.8 Å². The zero-order valence-electron chi connectivity index (χ0n) is 17.5. The van der Waals surface area contributed by atoms with Gasteiger partial charge in [0.25, 0.3) is 0 Å². The van der Waals surface area contributed by atoms with Gasteiger partial charge in [-0.1, -0.05) is 72.3 Å². The van der Waals surface area contributed by atoms with Crippen LogP contribution in [-0.4, -0.2) is 28.7 Å². The van der Waals surface area contributed by atoms with Crippen molar-refractivity contribution < 1.29 is 9.59 Å². The van der Waals surface area contributed by atoms with Gasteiger partial charge in [0.1, 0.15) is 0 Å². The molecule has 3 aromatic rings. The first-order valence-electron chi connectivity index (χ1n) is 10.5. The maximum absolute atomic E-state index is 13.4. The van der Waals surface area contributed by atoms with Crippen LogP contribution in [0.1, 0.15) is 41.3 Å². The van der Waals surface area contributed by atoms with E-state index in [9.17, 15) is 9.59 Å². The fourth-order valence-corrected chi connectivity index (χ4v) is 4.32. The van der Waals surface area contributed by atoms with E-state index in [0.717, 1.165) is 19.4 Å². The van der Waals surface area contributed by atoms with E-state index < -0.39 is 5.54 Å². The molecule has 3 aromatic carbocycles. The number of anilines is 1. The molecule has 1 N–H and O–H groups in total. The predicted molar refractivity (Wildman–Crippen MR) is 124 cm³/mol. The van der Waals surface area contributed by atoms with Gasteiger partial charge in [0.05, 0.1) is 11.2 Å². The van der Waals surface area contributed by atoms with Crippen molar-refractivity contribution in [2.75, 3.05) is 11.9 Å². The van der Waals surface area contributed by atoms with Crippen LogP contribution in [0.5, 0.6) is 0 Å². The second kappa shape index (κ2) is 9.04. The van der Waals surface area contributed by atoms with Crippen molar-refractivity contribution in [3.8, 4) is 0 Å². The molecule has 0 aliphatic carbocycles. The number of nitrogens with zero attached hydrogens (tertiary/aromatic N) is 1. The number of amides is 1. The highest BCUT2D eigenvalue weighted by Crippen LogP contribution is 2.33. The smallest absolute Gasteiger partial charge is 0.244 e. The van der Waals surface area contributed by atoms with Crippen LogP contribution in [0.2, 0.25) is 5.02 Å². The van der Waals surface area contributed by atoms with Gasteiger partial charge in [-0.05, 0) is 50.1 Å². The van der Waals surface area contributed by atoms with Crippen LogP contribution in [0, 0.1) is 0 Å². The second-order valence-electron chi connectivity index (χ2n) is 8.12. The summed E-state index contributed by atoms with van der Waals surface area (Å²) >= 11 is 6.18. The molecule has 4 rings (SSSR count). The van der Waals surface area contributed by atoms with Crippen molar-refractivity contribution in [1.82, 2.24) is 4.90 Å². The lowest BCUT2D eigenvalue weighted by Crippen LogP contribution is -2.50. The summed E-state index contributed by atoms with van der Waals surface area (Å²) in [6, 6.07) is 24.2. The Hall–Kier alpha value is -2.95. The first kappa shape index (κ1) is 21.3. The fraction of sp³-hybridized carbons (Fsp3) is 0.231. The number of nitrogens with one attached hydrogen (secondary N) is 1. The zero-order valence-corrected chi connectivity index (χ0v) is 18.2. The van der Waals surface area contributed by atoms with E-state index >= 15 is 0 Å². The molecule has 1 saturated heterocycles. The fourth-order valence-electron chi connectivity index (χ4n) is 4.15. The van der Waals surface area contributed by atoms with Crippen LogP contribution in [0.25, 0.3) is 0 Å². The molecular weight excluding hydrogens is 408 g/mol. The van der Waals surface area contributed by atoms with Gasteiger partial charge in [-0.3, -0.25) is 14.5 Å². The maximum Gasteiger partial charge on any atom is 0.244 e. The standard InChI is InChI=1S/C26H25ClN2O2/c1-26(15-8-16-29(26)18-19-9-4-2-5-10-19)25(31)28-23-14-13-21(27)17-22(23)24(30)20-11-6-3-7-12-20/h2-7,9-14,17H,8,15-16,18H2,1H3,(H,28,31). The first-order chi connectivity index (χ1) is 15.0. The van der Waals surface area contributed by atoms with Crippen molar-refractivity contribution in [3.05, 3.63) is 101 Å². The summed E-state index contributed by atoms with van der Waals surface area (Å²) in [5.74, 6) is -0.276. The van der Waals surface area contributed by atoms with Crippen LogP contribution in [-0.2, 0) is 11.3 Å². The Kier molecular flexibility index (Phi) is 6.21. The topological polar surface area (TPSA) is 49.4 Å². The van der Waals surface area contributed by atoms with Crippen LogP contribution in [0.15, 0.2) is 78.9 Å². The third-order valence-corrected chi connectivity index (χ3v) is 6.24. The molecular formula is C26H25ClN2O2. The average molecular weight is 433 g/mol. The van der Waals surface area contributed by atoms with Crippen molar-refractivity contribution in [2.24, 2.45) is 0 Å². The van der Waals surface area contributed by atoms with E-state index in [4.69, 9.17) is 11.6 Å². The number of hydrogen-bond acceptors (Lipinski definition) is 3. The molecule has 1 amide bonds. The van der Waals surface area contributed by atoms with Gasteiger partial charge in [-0.15, -0.1) is 0 Å². The maximum atomic E-state index is 13.4. The van der Waals surface area contributed by atoms with E-state index in [-0.39, 0.29) is 11.7 Å². The second-order valence-corrected chi connectivity index (χ2v) is 8.56. The molecule has 1 unspecified atom stereocenters. The Bertz CT molecular complexity index is 1090. The molecule has 0 aromatic heterocycles. The third-order valence-electron chi connectivity index (χ3n) is 6.01. The quantitative estimate of drug-likeness (QED) is 0.518. The molecule has 1 heterocycles. The van der Waals surface area contributed by atoms with Gasteiger partial charge < -0.3 is 5.32 Å². The number of likely N-dealkylation sites (tertiary alicyclic amines) is 1. The van der Waals surface area contributed by atoms with Gasteiger partial charge in [-0.25, -0.2) is 0 Å².